The molecule has 4 aliphatic heterocycles. The molecular formula is C22H27N3O4. The molecule has 0 bridgehead atoms. The van der Waals surface area contributed by atoms with Crippen LogP contribution in [-0.4, -0.2) is 50.1 Å². The quantitative estimate of drug-likeness (QED) is 0.746. The lowest BCUT2D eigenvalue weighted by Crippen LogP contribution is -2.59. The summed E-state index contributed by atoms with van der Waals surface area (Å²) in [5, 5.41) is 5.82. The first-order valence-corrected chi connectivity index (χ1v) is 10.7. The van der Waals surface area contributed by atoms with Gasteiger partial charge in [0, 0.05) is 23.9 Å². The highest BCUT2D eigenvalue weighted by Crippen LogP contribution is 2.40. The molecule has 0 radical (unpaired) electrons. The first-order valence-electron chi connectivity index (χ1n) is 10.7. The van der Waals surface area contributed by atoms with Crippen molar-refractivity contribution < 1.29 is 19.1 Å². The number of fused-ring (bicyclic) bond motifs is 1. The molecule has 4 heterocycles. The number of nitrogens with zero attached hydrogens (tertiary/aromatic N) is 1. The minimum Gasteiger partial charge on any atom is -0.381 e. The first kappa shape index (κ1) is 18.8. The predicted molar refractivity (Wildman–Crippen MR) is 106 cm³/mol. The van der Waals surface area contributed by atoms with Crippen molar-refractivity contribution in [2.45, 2.75) is 44.1 Å². The number of anilines is 1. The fourth-order valence-corrected chi connectivity index (χ4v) is 5.14. The van der Waals surface area contributed by atoms with E-state index in [4.69, 9.17) is 4.74 Å². The van der Waals surface area contributed by atoms with Crippen molar-refractivity contribution in [3.63, 3.8) is 0 Å². The van der Waals surface area contributed by atoms with Gasteiger partial charge in [-0.2, -0.15) is 0 Å². The zero-order chi connectivity index (χ0) is 20.0. The Morgan fingerprint density at radius 3 is 2.52 bits per heavy atom. The van der Waals surface area contributed by atoms with Crippen molar-refractivity contribution in [2.75, 3.05) is 31.2 Å². The van der Waals surface area contributed by atoms with Crippen LogP contribution in [0.25, 0.3) is 0 Å². The van der Waals surface area contributed by atoms with Gasteiger partial charge >= 0.3 is 0 Å². The Labute approximate surface area is 170 Å². The highest BCUT2D eigenvalue weighted by Gasteiger charge is 2.45. The summed E-state index contributed by atoms with van der Waals surface area (Å²) in [5.41, 5.74) is 3.30. The number of imide groups is 1. The van der Waals surface area contributed by atoms with Gasteiger partial charge in [-0.15, -0.1) is 0 Å². The van der Waals surface area contributed by atoms with E-state index in [0.29, 0.717) is 32.0 Å². The Balaban J connectivity index is 1.51. The van der Waals surface area contributed by atoms with Crippen molar-refractivity contribution in [3.8, 4) is 0 Å². The topological polar surface area (TPSA) is 87.7 Å². The maximum Gasteiger partial charge on any atom is 0.249 e. The van der Waals surface area contributed by atoms with Crippen molar-refractivity contribution in [1.82, 2.24) is 10.6 Å². The fraction of sp³-hybridized carbons (Fsp3) is 0.591. The molecule has 2 N–H and O–H groups in total. The van der Waals surface area contributed by atoms with E-state index >= 15 is 0 Å². The van der Waals surface area contributed by atoms with Gasteiger partial charge in [-0.1, -0.05) is 12.1 Å². The zero-order valence-electron chi connectivity index (χ0n) is 16.5. The summed E-state index contributed by atoms with van der Waals surface area (Å²) >= 11 is 0. The van der Waals surface area contributed by atoms with Crippen LogP contribution in [0.2, 0.25) is 0 Å². The molecule has 3 saturated heterocycles. The largest absolute Gasteiger partial charge is 0.381 e. The highest BCUT2D eigenvalue weighted by atomic mass is 16.5. The number of amides is 3. The third-order valence-corrected chi connectivity index (χ3v) is 6.92. The van der Waals surface area contributed by atoms with Crippen LogP contribution in [0.5, 0.6) is 0 Å². The van der Waals surface area contributed by atoms with Gasteiger partial charge in [-0.3, -0.25) is 24.6 Å². The summed E-state index contributed by atoms with van der Waals surface area (Å²) in [6, 6.07) is 5.77. The molecule has 7 nitrogen and oxygen atoms in total. The van der Waals surface area contributed by atoms with Gasteiger partial charge < -0.3 is 10.1 Å². The standard InChI is InChI=1S/C22H27N3O4/c26-20-4-3-19(21(27)24-20)25-18-2-1-14(13-5-7-23-8-6-13)9-15(18)10-17(22(25)28)16-11-29-12-16/h1-2,9,13,16-17,19,23H,3-8,10-12H2,(H,24,26,27). The Morgan fingerprint density at radius 1 is 1.03 bits per heavy atom. The van der Waals surface area contributed by atoms with E-state index < -0.39 is 6.04 Å². The lowest BCUT2D eigenvalue weighted by molar-refractivity contribution is -0.139. The zero-order valence-corrected chi connectivity index (χ0v) is 16.5. The lowest BCUT2D eigenvalue weighted by atomic mass is 9.78. The minimum atomic E-state index is -0.618. The van der Waals surface area contributed by atoms with E-state index in [-0.39, 0.29) is 36.0 Å². The highest BCUT2D eigenvalue weighted by molar-refractivity contribution is 6.08. The van der Waals surface area contributed by atoms with Crippen molar-refractivity contribution in [3.05, 3.63) is 29.3 Å². The number of carbonyl (C=O) groups is 3. The molecule has 154 valence electrons. The monoisotopic (exact) mass is 397 g/mol. The third-order valence-electron chi connectivity index (χ3n) is 6.92. The van der Waals surface area contributed by atoms with Crippen LogP contribution < -0.4 is 15.5 Å². The molecule has 3 amide bonds. The summed E-state index contributed by atoms with van der Waals surface area (Å²) < 4.78 is 5.36. The number of carbonyl (C=O) groups excluding carboxylic acids is 3. The molecule has 1 aromatic carbocycles. The smallest absolute Gasteiger partial charge is 0.249 e. The minimum absolute atomic E-state index is 0.00471. The van der Waals surface area contributed by atoms with E-state index in [1.165, 1.54) is 5.56 Å². The average Bonchev–Trinajstić information content (AvgIpc) is 2.69. The molecule has 2 atom stereocenters. The number of piperidine rings is 2. The van der Waals surface area contributed by atoms with Crippen LogP contribution in [-0.2, 0) is 25.5 Å². The lowest BCUT2D eigenvalue weighted by Gasteiger charge is -2.43. The van der Waals surface area contributed by atoms with E-state index in [9.17, 15) is 14.4 Å². The average molecular weight is 397 g/mol. The van der Waals surface area contributed by atoms with E-state index in [1.54, 1.807) is 4.90 Å². The van der Waals surface area contributed by atoms with Crippen LogP contribution in [0.4, 0.5) is 5.69 Å². The molecular weight excluding hydrogens is 370 g/mol. The maximum atomic E-state index is 13.4. The van der Waals surface area contributed by atoms with Crippen LogP contribution in [0.3, 0.4) is 0 Å². The second kappa shape index (κ2) is 7.54. The molecule has 0 aliphatic carbocycles. The van der Waals surface area contributed by atoms with Gasteiger partial charge in [0.05, 0.1) is 13.2 Å². The predicted octanol–water partition coefficient (Wildman–Crippen LogP) is 1.11. The third kappa shape index (κ3) is 3.36. The van der Waals surface area contributed by atoms with E-state index in [1.807, 2.05) is 6.07 Å². The fourth-order valence-electron chi connectivity index (χ4n) is 5.14. The molecule has 4 aliphatic rings. The molecule has 5 rings (SSSR count). The van der Waals surface area contributed by atoms with Gasteiger partial charge in [-0.25, -0.2) is 0 Å². The maximum absolute atomic E-state index is 13.4. The van der Waals surface area contributed by atoms with Crippen molar-refractivity contribution >= 4 is 23.4 Å². The summed E-state index contributed by atoms with van der Waals surface area (Å²) in [6.45, 7) is 3.27. The first-order chi connectivity index (χ1) is 14.1. The Hall–Kier alpha value is -2.25. The SMILES string of the molecule is O=C1CCC(N2C(=O)C(C3COC3)Cc3cc(C4CCNCC4)ccc32)C(=O)N1. The normalized spacial score (nSPS) is 28.7. The van der Waals surface area contributed by atoms with Crippen LogP contribution in [0, 0.1) is 11.8 Å². The summed E-state index contributed by atoms with van der Waals surface area (Å²) in [5.74, 6) is -0.0582. The van der Waals surface area contributed by atoms with Crippen LogP contribution in [0.15, 0.2) is 18.2 Å². The molecule has 0 aromatic heterocycles. The Morgan fingerprint density at radius 2 is 1.83 bits per heavy atom. The Kier molecular flexibility index (Phi) is 4.87. The number of ether oxygens (including phenoxy) is 1. The number of benzene rings is 1. The van der Waals surface area contributed by atoms with Crippen LogP contribution in [0.1, 0.15) is 42.7 Å². The van der Waals surface area contributed by atoms with Gasteiger partial charge in [0.2, 0.25) is 17.7 Å². The number of rotatable bonds is 3. The molecule has 3 fully saturated rings. The number of hydrogen-bond donors (Lipinski definition) is 2. The molecule has 7 heteroatoms. The van der Waals surface area contributed by atoms with Gasteiger partial charge in [0.15, 0.2) is 0 Å². The summed E-state index contributed by atoms with van der Waals surface area (Å²) in [4.78, 5) is 39.3. The second-order valence-electron chi connectivity index (χ2n) is 8.70. The van der Waals surface area contributed by atoms with Gasteiger partial charge in [0.1, 0.15) is 6.04 Å². The summed E-state index contributed by atoms with van der Waals surface area (Å²) in [6.07, 6.45) is 3.58. The second-order valence-corrected chi connectivity index (χ2v) is 8.70. The van der Waals surface area contributed by atoms with E-state index in [0.717, 1.165) is 37.2 Å². The van der Waals surface area contributed by atoms with E-state index in [2.05, 4.69) is 22.8 Å². The van der Waals surface area contributed by atoms with Crippen molar-refractivity contribution in [1.29, 1.82) is 0 Å². The summed E-state index contributed by atoms with van der Waals surface area (Å²) in [7, 11) is 0. The molecule has 2 unspecified atom stereocenters. The number of hydrogen-bond acceptors (Lipinski definition) is 5. The molecule has 1 aromatic rings. The molecule has 0 saturated carbocycles. The van der Waals surface area contributed by atoms with Crippen molar-refractivity contribution in [2.24, 2.45) is 11.8 Å². The van der Waals surface area contributed by atoms with Gasteiger partial charge in [-0.05, 0) is 61.9 Å². The van der Waals surface area contributed by atoms with Crippen LogP contribution >= 0.6 is 0 Å². The Bertz CT molecular complexity index is 844. The molecule has 0 spiro atoms. The molecule has 29 heavy (non-hydrogen) atoms. The van der Waals surface area contributed by atoms with Gasteiger partial charge in [0.25, 0.3) is 0 Å². The number of nitrogens with one attached hydrogen (secondary N) is 2.